The van der Waals surface area contributed by atoms with Crippen molar-refractivity contribution in [2.75, 3.05) is 0 Å². The second kappa shape index (κ2) is 14.8. The molecule has 0 saturated heterocycles. The van der Waals surface area contributed by atoms with Crippen LogP contribution in [0.2, 0.25) is 0 Å². The Morgan fingerprint density at radius 1 is 0.649 bits per heavy atom. The minimum atomic E-state index is -3.05. The van der Waals surface area contributed by atoms with E-state index in [-0.39, 0.29) is 71.8 Å². The number of hydrogen-bond acceptors (Lipinski definition) is 2. The number of fused-ring (bicyclic) bond motifs is 4. The Kier molecular flexibility index (Phi) is 5.35. The monoisotopic (exact) mass is 934 g/mol. The Morgan fingerprint density at radius 2 is 1.33 bits per heavy atom. The van der Waals surface area contributed by atoms with E-state index in [4.69, 9.17) is 30.8 Å². The average molecular weight is 935 g/mol. The first-order chi connectivity index (χ1) is 35.3. The number of aromatic nitrogens is 4. The van der Waals surface area contributed by atoms with E-state index in [2.05, 4.69) is 23.4 Å². The van der Waals surface area contributed by atoms with Crippen molar-refractivity contribution in [2.24, 2.45) is 0 Å². The van der Waals surface area contributed by atoms with Gasteiger partial charge in [-0.3, -0.25) is 4.57 Å². The first kappa shape index (κ1) is 20.6. The third-order valence-electron chi connectivity index (χ3n) is 9.35. The number of nitrogens with zero attached hydrogens (tertiary/aromatic N) is 4. The van der Waals surface area contributed by atoms with Gasteiger partial charge in [0.25, 0.3) is 6.33 Å². The van der Waals surface area contributed by atoms with E-state index >= 15 is 0 Å². The van der Waals surface area contributed by atoms with Gasteiger partial charge in [0.2, 0.25) is 0 Å². The Balaban J connectivity index is 0.00000706. The molecular weight excluding hydrogens is 880 g/mol. The van der Waals surface area contributed by atoms with Gasteiger partial charge in [-0.2, -0.15) is 18.2 Å². The van der Waals surface area contributed by atoms with Gasteiger partial charge in [-0.15, -0.1) is 29.7 Å². The maximum Gasteiger partial charge on any atom is 0.268 e. The van der Waals surface area contributed by atoms with E-state index in [9.17, 15) is 0 Å². The van der Waals surface area contributed by atoms with Gasteiger partial charge in [-0.1, -0.05) is 133 Å². The number of hydrogen-bond donors (Lipinski definition) is 0. The minimum Gasteiger partial charge on any atom is -0.510 e. The molecule has 0 atom stereocenters. The van der Waals surface area contributed by atoms with Gasteiger partial charge in [0.15, 0.2) is 0 Å². The normalized spacial score (nSPS) is 16.7. The van der Waals surface area contributed by atoms with Crippen LogP contribution in [0.15, 0.2) is 164 Å². The van der Waals surface area contributed by atoms with Gasteiger partial charge in [0.1, 0.15) is 5.82 Å². The van der Waals surface area contributed by atoms with Crippen LogP contribution in [0.1, 0.15) is 42.9 Å². The van der Waals surface area contributed by atoms with Gasteiger partial charge in [0, 0.05) is 56.1 Å². The predicted molar refractivity (Wildman–Crippen MR) is 225 cm³/mol. The van der Waals surface area contributed by atoms with Crippen LogP contribution in [0, 0.1) is 39.0 Å². The van der Waals surface area contributed by atoms with Gasteiger partial charge >= 0.3 is 0 Å². The van der Waals surface area contributed by atoms with Crippen LogP contribution in [0.5, 0.6) is 11.5 Å². The topological polar surface area (TPSA) is 35.9 Å². The smallest absolute Gasteiger partial charge is 0.268 e. The minimum absolute atomic E-state index is 0. The summed E-state index contributed by atoms with van der Waals surface area (Å²) in [5.41, 5.74) is -0.346. The number of imidazole rings is 1. The van der Waals surface area contributed by atoms with Crippen LogP contribution in [0.4, 0.5) is 0 Å². The maximum absolute atomic E-state index is 8.98. The molecule has 5 nitrogen and oxygen atoms in total. The van der Waals surface area contributed by atoms with E-state index in [0.29, 0.717) is 33.0 Å². The Labute approximate surface area is 373 Å². The number of ether oxygens (including phenoxy) is 1. The van der Waals surface area contributed by atoms with Crippen molar-refractivity contribution in [3.8, 4) is 50.9 Å². The molecule has 278 valence electrons. The van der Waals surface area contributed by atoms with Crippen molar-refractivity contribution < 1.29 is 56.4 Å². The molecule has 0 spiro atoms. The van der Waals surface area contributed by atoms with E-state index in [0.717, 1.165) is 6.07 Å². The number of benzene rings is 7. The summed E-state index contributed by atoms with van der Waals surface area (Å²) >= 11 is 0. The average Bonchev–Trinajstić information content (AvgIpc) is 3.91. The van der Waals surface area contributed by atoms with Crippen molar-refractivity contribution >= 4 is 32.8 Å². The van der Waals surface area contributed by atoms with Crippen molar-refractivity contribution in [3.05, 3.63) is 199 Å². The van der Waals surface area contributed by atoms with Gasteiger partial charge in [-0.05, 0) is 71.1 Å². The molecule has 0 amide bonds. The number of para-hydroxylation sites is 4. The first-order valence-electron chi connectivity index (χ1n) is 26.7. The molecule has 0 aliphatic rings. The van der Waals surface area contributed by atoms with E-state index in [1.54, 1.807) is 83.4 Å². The molecule has 0 radical (unpaired) electrons. The third kappa shape index (κ3) is 6.35. The van der Waals surface area contributed by atoms with E-state index in [1.807, 2.05) is 0 Å². The van der Waals surface area contributed by atoms with Gasteiger partial charge in [0.05, 0.1) is 30.4 Å². The summed E-state index contributed by atoms with van der Waals surface area (Å²) in [6.07, 6.45) is 3.30. The summed E-state index contributed by atoms with van der Waals surface area (Å²) in [4.78, 5) is 4.33. The molecule has 0 N–H and O–H groups in total. The molecule has 7 aromatic carbocycles. The fraction of sp³-hybridized carbons (Fsp3) is 0.0588. The Morgan fingerprint density at radius 3 is 2.07 bits per heavy atom. The van der Waals surface area contributed by atoms with Crippen molar-refractivity contribution in [3.63, 3.8) is 0 Å². The summed E-state index contributed by atoms with van der Waals surface area (Å²) in [6, 6.07) is 28.1. The predicted octanol–water partition coefficient (Wildman–Crippen LogP) is 11.8. The molecule has 10 rings (SSSR count). The molecule has 0 unspecified atom stereocenters. The molecule has 0 aliphatic heterocycles. The molecule has 0 saturated carbocycles. The van der Waals surface area contributed by atoms with Crippen molar-refractivity contribution in [1.29, 1.82) is 0 Å². The fourth-order valence-corrected chi connectivity index (χ4v) is 6.93. The molecule has 0 fully saturated rings. The van der Waals surface area contributed by atoms with Crippen LogP contribution >= 0.6 is 0 Å². The number of aryl methyl sites for hydroxylation is 3. The molecule has 3 aromatic heterocycles. The summed E-state index contributed by atoms with van der Waals surface area (Å²) in [5.74, 6) is -0.109. The van der Waals surface area contributed by atoms with E-state index < -0.39 is 97.8 Å². The molecule has 6 heteroatoms. The largest absolute Gasteiger partial charge is 0.510 e. The van der Waals surface area contributed by atoms with Crippen molar-refractivity contribution in [2.45, 2.75) is 20.6 Å². The van der Waals surface area contributed by atoms with Crippen molar-refractivity contribution in [1.82, 2.24) is 14.1 Å². The summed E-state index contributed by atoms with van der Waals surface area (Å²) < 4.78 is 172. The quantitative estimate of drug-likeness (QED) is 0.118. The van der Waals surface area contributed by atoms with Gasteiger partial charge in [-0.25, -0.2) is 4.98 Å². The Hall–Kier alpha value is -6.55. The molecule has 3 heterocycles. The molecule has 0 bridgehead atoms. The maximum atomic E-state index is 8.98. The van der Waals surface area contributed by atoms with Crippen LogP contribution in [-0.2, 0) is 21.1 Å². The van der Waals surface area contributed by atoms with Gasteiger partial charge < -0.3 is 13.9 Å². The van der Waals surface area contributed by atoms with Crippen LogP contribution in [0.25, 0.3) is 72.3 Å². The molecule has 10 aromatic rings. The van der Waals surface area contributed by atoms with Crippen LogP contribution in [-0.4, -0.2) is 14.1 Å². The zero-order valence-electron chi connectivity index (χ0n) is 48.3. The summed E-state index contributed by atoms with van der Waals surface area (Å²) in [6.45, 7) is -9.03. The SMILES string of the molecule is [2H]c1c([2H])c([2H])c(-c2cccc(-c3c([2H])c([2H])c([2H])c([2H])c3[2H])c2-[n+]2[c-]n(-c3[c-]c(Oc4[c-]c5c(cc4)c4ccccc4n5-c4nc(C([2H])([2H])[2H])c(C([2H])([2H])[2H])cc4C([2H])([2H])[2H])ccc3)c3ccccc32)c([2H])c1[2H].[Pt]. The number of pyridine rings is 1. The van der Waals surface area contributed by atoms with Crippen LogP contribution < -0.4 is 9.30 Å². The second-order valence-electron chi connectivity index (χ2n) is 12.7. The Bertz CT molecular complexity index is 3880. The summed E-state index contributed by atoms with van der Waals surface area (Å²) in [5, 5.41) is 1.16. The molecular formula is C51H36N4OPt-2. The second-order valence-corrected chi connectivity index (χ2v) is 12.7. The zero-order valence-corrected chi connectivity index (χ0v) is 31.6. The first-order valence-corrected chi connectivity index (χ1v) is 17.2. The summed E-state index contributed by atoms with van der Waals surface area (Å²) in [7, 11) is 0. The number of rotatable bonds is 7. The fourth-order valence-electron chi connectivity index (χ4n) is 6.93. The van der Waals surface area contributed by atoms with E-state index in [1.165, 1.54) is 27.3 Å². The van der Waals surface area contributed by atoms with Crippen LogP contribution in [0.3, 0.4) is 0 Å². The third-order valence-corrected chi connectivity index (χ3v) is 9.35. The standard InChI is InChI=1S/C51H36N4O.Pt/c1-34-30-35(2)51(52-36(34)3)55-46-25-11-10-22-44(46)45-29-28-41(32-49(45)55)56-40-21-14-20-39(31-40)53-33-54(48-27-13-12-26-47(48)53)50-42(37-16-6-4-7-17-37)23-15-24-43(50)38-18-8-5-9-19-38;/h4-30H,1-3H3;/q-2;/i1D3,2D3,3D3,4D,5D,6D,7D,8D,9D,16D,17D,18D,19D;. The zero-order chi connectivity index (χ0) is 54.0. The molecule has 0 aliphatic carbocycles. The molecule has 57 heavy (non-hydrogen) atoms.